The van der Waals surface area contributed by atoms with Gasteiger partial charge in [-0.25, -0.2) is 0 Å². The van der Waals surface area contributed by atoms with Crippen LogP contribution in [-0.4, -0.2) is 24.8 Å². The highest BCUT2D eigenvalue weighted by molar-refractivity contribution is 4.98. The molecule has 0 aromatic rings. The maximum Gasteiger partial charge on any atom is 0.0491 e. The Labute approximate surface area is 74.7 Å². The first kappa shape index (κ1) is 9.75. The molecule has 12 heavy (non-hydrogen) atoms. The van der Waals surface area contributed by atoms with Crippen LogP contribution in [0.4, 0.5) is 0 Å². The number of nitrogens with one attached hydrogen (secondary N) is 1. The van der Waals surface area contributed by atoms with Crippen LogP contribution in [0, 0.1) is 5.41 Å². The molecule has 2 N–H and O–H groups in total. The van der Waals surface area contributed by atoms with Crippen molar-refractivity contribution in [3.63, 3.8) is 0 Å². The Morgan fingerprint density at radius 3 is 2.50 bits per heavy atom. The van der Waals surface area contributed by atoms with Gasteiger partial charge in [0.15, 0.2) is 0 Å². The third-order valence-electron chi connectivity index (χ3n) is 2.68. The summed E-state index contributed by atoms with van der Waals surface area (Å²) in [5.41, 5.74) is 1.32. The molecular formula is C10H19NO. The van der Waals surface area contributed by atoms with Crippen molar-refractivity contribution in [3.8, 4) is 0 Å². The second-order valence-electron chi connectivity index (χ2n) is 4.04. The Hall–Kier alpha value is -0.340. The predicted molar refractivity (Wildman–Crippen MR) is 51.1 cm³/mol. The molecule has 0 amide bonds. The number of hydrogen-bond acceptors (Lipinski definition) is 2. The molecule has 1 aliphatic heterocycles. The van der Waals surface area contributed by atoms with Crippen LogP contribution in [-0.2, 0) is 0 Å². The maximum absolute atomic E-state index is 9.32. The monoisotopic (exact) mass is 169 g/mol. The molecule has 1 heterocycles. The summed E-state index contributed by atoms with van der Waals surface area (Å²) in [5, 5.41) is 12.6. The van der Waals surface area contributed by atoms with E-state index in [9.17, 15) is 5.11 Å². The fourth-order valence-electron chi connectivity index (χ4n) is 1.99. The number of hydrogen-bond donors (Lipinski definition) is 2. The molecule has 0 aromatic carbocycles. The van der Waals surface area contributed by atoms with Gasteiger partial charge in [0.25, 0.3) is 0 Å². The van der Waals surface area contributed by atoms with Gasteiger partial charge in [0, 0.05) is 6.61 Å². The van der Waals surface area contributed by atoms with E-state index in [0.29, 0.717) is 6.61 Å². The summed E-state index contributed by atoms with van der Waals surface area (Å²) in [5.74, 6) is 0. The van der Waals surface area contributed by atoms with E-state index in [1.165, 1.54) is 5.57 Å². The lowest BCUT2D eigenvalue weighted by Gasteiger charge is -2.36. The highest BCUT2D eigenvalue weighted by atomic mass is 16.3. The van der Waals surface area contributed by atoms with Crippen molar-refractivity contribution in [1.82, 2.24) is 5.32 Å². The van der Waals surface area contributed by atoms with Crippen molar-refractivity contribution in [2.75, 3.05) is 19.7 Å². The molecule has 0 aliphatic carbocycles. The minimum Gasteiger partial charge on any atom is -0.396 e. The van der Waals surface area contributed by atoms with Crippen molar-refractivity contribution in [1.29, 1.82) is 0 Å². The molecule has 1 fully saturated rings. The highest BCUT2D eigenvalue weighted by Gasteiger charge is 2.30. The van der Waals surface area contributed by atoms with Gasteiger partial charge in [-0.2, -0.15) is 0 Å². The maximum atomic E-state index is 9.32. The van der Waals surface area contributed by atoms with Crippen LogP contribution < -0.4 is 5.32 Å². The van der Waals surface area contributed by atoms with Crippen molar-refractivity contribution in [2.24, 2.45) is 5.41 Å². The minimum absolute atomic E-state index is 0.136. The third-order valence-corrected chi connectivity index (χ3v) is 2.68. The molecule has 0 bridgehead atoms. The Kier molecular flexibility index (Phi) is 3.29. The number of aliphatic hydroxyl groups excluding tert-OH is 1. The van der Waals surface area contributed by atoms with Gasteiger partial charge in [0.1, 0.15) is 0 Å². The SMILES string of the molecule is C=C(C)CC1(CO)CCNCC1. The highest BCUT2D eigenvalue weighted by Crippen LogP contribution is 2.34. The molecule has 0 spiro atoms. The zero-order valence-corrected chi connectivity index (χ0v) is 7.90. The molecule has 2 nitrogen and oxygen atoms in total. The second-order valence-corrected chi connectivity index (χ2v) is 4.04. The first-order chi connectivity index (χ1) is 5.68. The van der Waals surface area contributed by atoms with Crippen LogP contribution >= 0.6 is 0 Å². The van der Waals surface area contributed by atoms with Gasteiger partial charge in [-0.1, -0.05) is 5.57 Å². The summed E-state index contributed by atoms with van der Waals surface area (Å²) >= 11 is 0. The molecule has 1 rings (SSSR count). The van der Waals surface area contributed by atoms with E-state index in [1.807, 2.05) is 6.92 Å². The van der Waals surface area contributed by atoms with E-state index >= 15 is 0 Å². The lowest BCUT2D eigenvalue weighted by Crippen LogP contribution is -2.39. The fourth-order valence-corrected chi connectivity index (χ4v) is 1.99. The smallest absolute Gasteiger partial charge is 0.0491 e. The average molecular weight is 169 g/mol. The fraction of sp³-hybridized carbons (Fsp3) is 0.800. The molecule has 0 unspecified atom stereocenters. The van der Waals surface area contributed by atoms with E-state index in [2.05, 4.69) is 11.9 Å². The Balaban J connectivity index is 2.53. The van der Waals surface area contributed by atoms with Crippen LogP contribution in [0.3, 0.4) is 0 Å². The largest absolute Gasteiger partial charge is 0.396 e. The van der Waals surface area contributed by atoms with Crippen LogP contribution in [0.25, 0.3) is 0 Å². The van der Waals surface area contributed by atoms with Crippen LogP contribution in [0.1, 0.15) is 26.2 Å². The summed E-state index contributed by atoms with van der Waals surface area (Å²) in [4.78, 5) is 0. The van der Waals surface area contributed by atoms with Crippen molar-refractivity contribution < 1.29 is 5.11 Å². The Morgan fingerprint density at radius 1 is 1.50 bits per heavy atom. The minimum atomic E-state index is 0.136. The second kappa shape index (κ2) is 4.06. The van der Waals surface area contributed by atoms with Gasteiger partial charge < -0.3 is 10.4 Å². The molecule has 0 aromatic heterocycles. The van der Waals surface area contributed by atoms with E-state index < -0.39 is 0 Å². The van der Waals surface area contributed by atoms with E-state index in [4.69, 9.17) is 0 Å². The van der Waals surface area contributed by atoms with Gasteiger partial charge in [0.2, 0.25) is 0 Å². The summed E-state index contributed by atoms with van der Waals surface area (Å²) in [6, 6.07) is 0. The standard InChI is InChI=1S/C10H19NO/c1-9(2)7-10(8-12)3-5-11-6-4-10/h11-12H,1,3-8H2,2H3. The first-order valence-corrected chi connectivity index (χ1v) is 4.64. The molecule has 2 heteroatoms. The Morgan fingerprint density at radius 2 is 2.08 bits per heavy atom. The molecule has 70 valence electrons. The van der Waals surface area contributed by atoms with E-state index in [0.717, 1.165) is 32.4 Å². The van der Waals surface area contributed by atoms with Gasteiger partial charge in [-0.05, 0) is 44.7 Å². The molecule has 1 saturated heterocycles. The average Bonchev–Trinajstić information content (AvgIpc) is 2.05. The zero-order chi connectivity index (χ0) is 9.03. The summed E-state index contributed by atoms with van der Waals surface area (Å²) in [7, 11) is 0. The van der Waals surface area contributed by atoms with Gasteiger partial charge in [-0.15, -0.1) is 6.58 Å². The lowest BCUT2D eigenvalue weighted by atomic mass is 9.75. The predicted octanol–water partition coefficient (Wildman–Crippen LogP) is 1.31. The molecular weight excluding hydrogens is 150 g/mol. The van der Waals surface area contributed by atoms with Gasteiger partial charge in [-0.3, -0.25) is 0 Å². The normalized spacial score (nSPS) is 22.2. The number of piperidine rings is 1. The first-order valence-electron chi connectivity index (χ1n) is 4.64. The van der Waals surface area contributed by atoms with Crippen molar-refractivity contribution >= 4 is 0 Å². The molecule has 0 atom stereocenters. The summed E-state index contributed by atoms with van der Waals surface area (Å²) in [6.45, 7) is 8.33. The van der Waals surface area contributed by atoms with Gasteiger partial charge in [0.05, 0.1) is 0 Å². The van der Waals surface area contributed by atoms with E-state index in [-0.39, 0.29) is 5.41 Å². The molecule has 1 aliphatic rings. The third kappa shape index (κ3) is 2.32. The lowest BCUT2D eigenvalue weighted by molar-refractivity contribution is 0.0894. The van der Waals surface area contributed by atoms with Crippen LogP contribution in [0.15, 0.2) is 12.2 Å². The summed E-state index contributed by atoms with van der Waals surface area (Å²) in [6.07, 6.45) is 3.14. The Bertz CT molecular complexity index is 159. The number of aliphatic hydroxyl groups is 1. The van der Waals surface area contributed by atoms with Gasteiger partial charge >= 0.3 is 0 Å². The quantitative estimate of drug-likeness (QED) is 0.624. The number of allylic oxidation sites excluding steroid dienone is 1. The summed E-state index contributed by atoms with van der Waals surface area (Å²) < 4.78 is 0. The molecule has 0 saturated carbocycles. The topological polar surface area (TPSA) is 32.3 Å². The van der Waals surface area contributed by atoms with Crippen molar-refractivity contribution in [2.45, 2.75) is 26.2 Å². The van der Waals surface area contributed by atoms with Crippen molar-refractivity contribution in [3.05, 3.63) is 12.2 Å². The van der Waals surface area contributed by atoms with E-state index in [1.54, 1.807) is 0 Å². The molecule has 0 radical (unpaired) electrons. The van der Waals surface area contributed by atoms with Crippen LogP contribution in [0.2, 0.25) is 0 Å². The van der Waals surface area contributed by atoms with Crippen LogP contribution in [0.5, 0.6) is 0 Å². The zero-order valence-electron chi connectivity index (χ0n) is 7.90. The number of rotatable bonds is 3.